The number of carbonyl (C=O) groups excluding carboxylic acids is 2. The van der Waals surface area contributed by atoms with Crippen molar-refractivity contribution in [2.75, 3.05) is 0 Å². The average Bonchev–Trinajstić information content (AvgIpc) is 2.80. The molecule has 1 saturated heterocycles. The molecule has 0 radical (unpaired) electrons. The highest BCUT2D eigenvalue weighted by Gasteiger charge is 2.30. The monoisotopic (exact) mass is 274 g/mol. The van der Waals surface area contributed by atoms with E-state index in [1.165, 1.54) is 16.9 Å². The summed E-state index contributed by atoms with van der Waals surface area (Å²) in [6.07, 6.45) is 3.21. The molecule has 1 atom stereocenters. The topological polar surface area (TPSA) is 114 Å². The van der Waals surface area contributed by atoms with Gasteiger partial charge >= 0.3 is 5.97 Å². The molecule has 0 aromatic carbocycles. The number of fused-ring (bicyclic) bond motifs is 1. The number of imide groups is 1. The van der Waals surface area contributed by atoms with Gasteiger partial charge in [-0.3, -0.25) is 14.9 Å². The lowest BCUT2D eigenvalue weighted by Crippen LogP contribution is -2.39. The number of hydrogen-bond acceptors (Lipinski definition) is 5. The molecule has 0 spiro atoms. The quantitative estimate of drug-likeness (QED) is 0.742. The van der Waals surface area contributed by atoms with Crippen LogP contribution in [0.25, 0.3) is 5.65 Å². The number of amides is 2. The third-order valence-electron chi connectivity index (χ3n) is 3.18. The second-order valence-electron chi connectivity index (χ2n) is 4.52. The predicted molar refractivity (Wildman–Crippen MR) is 65.1 cm³/mol. The first-order chi connectivity index (χ1) is 9.54. The first-order valence-electron chi connectivity index (χ1n) is 5.97. The third kappa shape index (κ3) is 2.00. The first kappa shape index (κ1) is 12.3. The van der Waals surface area contributed by atoms with Crippen LogP contribution >= 0.6 is 0 Å². The van der Waals surface area contributed by atoms with Gasteiger partial charge in [0.05, 0.1) is 17.2 Å². The van der Waals surface area contributed by atoms with Crippen LogP contribution in [0.3, 0.4) is 0 Å². The van der Waals surface area contributed by atoms with Crippen LogP contribution in [0.5, 0.6) is 0 Å². The minimum atomic E-state index is -1.10. The second kappa shape index (κ2) is 4.41. The van der Waals surface area contributed by atoms with Crippen LogP contribution in [0.4, 0.5) is 0 Å². The van der Waals surface area contributed by atoms with E-state index in [1.807, 2.05) is 0 Å². The van der Waals surface area contributed by atoms with Crippen LogP contribution in [0.15, 0.2) is 18.5 Å². The number of nitrogens with zero attached hydrogens (tertiary/aromatic N) is 3. The molecule has 2 aromatic rings. The highest BCUT2D eigenvalue weighted by Crippen LogP contribution is 2.24. The maximum Gasteiger partial charge on any atom is 0.338 e. The lowest BCUT2D eigenvalue weighted by atomic mass is 9.95. The molecule has 1 aliphatic heterocycles. The zero-order valence-corrected chi connectivity index (χ0v) is 10.2. The third-order valence-corrected chi connectivity index (χ3v) is 3.18. The summed E-state index contributed by atoms with van der Waals surface area (Å²) >= 11 is 0. The van der Waals surface area contributed by atoms with E-state index < -0.39 is 11.9 Å². The molecule has 1 unspecified atom stereocenters. The van der Waals surface area contributed by atoms with Gasteiger partial charge in [0, 0.05) is 24.9 Å². The van der Waals surface area contributed by atoms with Crippen LogP contribution in [0.2, 0.25) is 0 Å². The molecule has 1 fully saturated rings. The molecular formula is C12H10N4O4. The number of carboxylic acids is 1. The molecule has 3 heterocycles. The Bertz CT molecular complexity index is 736. The van der Waals surface area contributed by atoms with Gasteiger partial charge in [-0.15, -0.1) is 0 Å². The minimum absolute atomic E-state index is 0.00965. The maximum absolute atomic E-state index is 11.8. The summed E-state index contributed by atoms with van der Waals surface area (Å²) in [7, 11) is 0. The molecule has 0 aliphatic carbocycles. The van der Waals surface area contributed by atoms with E-state index in [2.05, 4.69) is 15.4 Å². The van der Waals surface area contributed by atoms with Crippen LogP contribution in [0, 0.1) is 0 Å². The van der Waals surface area contributed by atoms with Gasteiger partial charge < -0.3 is 5.11 Å². The van der Waals surface area contributed by atoms with E-state index in [0.717, 1.165) is 0 Å². The molecule has 2 aromatic heterocycles. The summed E-state index contributed by atoms with van der Waals surface area (Å²) in [4.78, 5) is 37.7. The Morgan fingerprint density at radius 1 is 1.45 bits per heavy atom. The van der Waals surface area contributed by atoms with Gasteiger partial charge in [-0.05, 0) is 6.42 Å². The van der Waals surface area contributed by atoms with E-state index in [0.29, 0.717) is 17.8 Å². The van der Waals surface area contributed by atoms with Gasteiger partial charge in [-0.25, -0.2) is 14.3 Å². The zero-order valence-electron chi connectivity index (χ0n) is 10.2. The van der Waals surface area contributed by atoms with Crippen molar-refractivity contribution in [3.8, 4) is 0 Å². The van der Waals surface area contributed by atoms with E-state index in [4.69, 9.17) is 5.11 Å². The molecule has 8 nitrogen and oxygen atoms in total. The standard InChI is InChI=1S/C12H10N4O4/c17-10-2-1-7(11(18)14-10)8-3-9-13-4-6(12(19)20)5-16(9)15-8/h3-5,7H,1-2H2,(H,19,20)(H,14,17,18). The Kier molecular flexibility index (Phi) is 2.70. The number of piperidine rings is 1. The van der Waals surface area contributed by atoms with Crippen molar-refractivity contribution < 1.29 is 19.5 Å². The van der Waals surface area contributed by atoms with Crippen LogP contribution < -0.4 is 5.32 Å². The largest absolute Gasteiger partial charge is 0.478 e. The molecule has 2 N–H and O–H groups in total. The normalized spacial score (nSPS) is 19.1. The van der Waals surface area contributed by atoms with E-state index in [1.54, 1.807) is 6.07 Å². The Morgan fingerprint density at radius 2 is 2.25 bits per heavy atom. The number of nitrogens with one attached hydrogen (secondary N) is 1. The molecule has 3 rings (SSSR count). The van der Waals surface area contributed by atoms with Gasteiger partial charge in [0.2, 0.25) is 11.8 Å². The van der Waals surface area contributed by atoms with Gasteiger partial charge in [-0.2, -0.15) is 5.10 Å². The van der Waals surface area contributed by atoms with Crippen LogP contribution in [-0.4, -0.2) is 37.5 Å². The van der Waals surface area contributed by atoms with Crippen molar-refractivity contribution in [3.63, 3.8) is 0 Å². The van der Waals surface area contributed by atoms with Gasteiger partial charge in [-0.1, -0.05) is 0 Å². The number of rotatable bonds is 2. The Labute approximate surface area is 112 Å². The van der Waals surface area contributed by atoms with Crippen molar-refractivity contribution in [2.24, 2.45) is 0 Å². The average molecular weight is 274 g/mol. The Hall–Kier alpha value is -2.77. The summed E-state index contributed by atoms with van der Waals surface area (Å²) in [6, 6.07) is 1.62. The number of hydrogen-bond donors (Lipinski definition) is 2. The lowest BCUT2D eigenvalue weighted by molar-refractivity contribution is -0.134. The van der Waals surface area contributed by atoms with Crippen LogP contribution in [0.1, 0.15) is 34.8 Å². The molecule has 0 saturated carbocycles. The molecule has 0 bridgehead atoms. The summed E-state index contributed by atoms with van der Waals surface area (Å²) in [6.45, 7) is 0. The highest BCUT2D eigenvalue weighted by atomic mass is 16.4. The molecule has 1 aliphatic rings. The fourth-order valence-electron chi connectivity index (χ4n) is 2.15. The number of aromatic carboxylic acids is 1. The van der Waals surface area contributed by atoms with Crippen molar-refractivity contribution >= 4 is 23.4 Å². The van der Waals surface area contributed by atoms with Crippen molar-refractivity contribution in [2.45, 2.75) is 18.8 Å². The van der Waals surface area contributed by atoms with Gasteiger partial charge in [0.15, 0.2) is 5.65 Å². The van der Waals surface area contributed by atoms with Crippen molar-refractivity contribution in [1.82, 2.24) is 19.9 Å². The fraction of sp³-hybridized carbons (Fsp3) is 0.250. The van der Waals surface area contributed by atoms with E-state index in [-0.39, 0.29) is 23.8 Å². The molecular weight excluding hydrogens is 264 g/mol. The molecule has 8 heteroatoms. The summed E-state index contributed by atoms with van der Waals surface area (Å²) in [5, 5.41) is 15.3. The second-order valence-corrected chi connectivity index (χ2v) is 4.52. The Morgan fingerprint density at radius 3 is 2.95 bits per heavy atom. The van der Waals surface area contributed by atoms with Gasteiger partial charge in [0.1, 0.15) is 0 Å². The number of aromatic nitrogens is 3. The highest BCUT2D eigenvalue weighted by molar-refractivity contribution is 6.00. The molecule has 102 valence electrons. The smallest absolute Gasteiger partial charge is 0.338 e. The SMILES string of the molecule is O=C1CCC(c2cc3ncc(C(=O)O)cn3n2)C(=O)N1. The summed E-state index contributed by atoms with van der Waals surface area (Å²) < 4.78 is 1.32. The van der Waals surface area contributed by atoms with Crippen LogP contribution in [-0.2, 0) is 9.59 Å². The summed E-state index contributed by atoms with van der Waals surface area (Å²) in [5.41, 5.74) is 0.940. The van der Waals surface area contributed by atoms with Gasteiger partial charge in [0.25, 0.3) is 0 Å². The number of carbonyl (C=O) groups is 3. The lowest BCUT2D eigenvalue weighted by Gasteiger charge is -2.18. The Balaban J connectivity index is 1.98. The zero-order chi connectivity index (χ0) is 14.3. The minimum Gasteiger partial charge on any atom is -0.478 e. The number of carboxylic acid groups (broad SMARTS) is 1. The van der Waals surface area contributed by atoms with Crippen molar-refractivity contribution in [3.05, 3.63) is 29.7 Å². The summed E-state index contributed by atoms with van der Waals surface area (Å²) in [5.74, 6) is -2.29. The van der Waals surface area contributed by atoms with E-state index in [9.17, 15) is 14.4 Å². The van der Waals surface area contributed by atoms with E-state index >= 15 is 0 Å². The fourth-order valence-corrected chi connectivity index (χ4v) is 2.15. The maximum atomic E-state index is 11.8. The molecule has 2 amide bonds. The first-order valence-corrected chi connectivity index (χ1v) is 5.97. The predicted octanol–water partition coefficient (Wildman–Crippen LogP) is -0.0523. The molecule has 20 heavy (non-hydrogen) atoms. The van der Waals surface area contributed by atoms with Crippen molar-refractivity contribution in [1.29, 1.82) is 0 Å².